The first kappa shape index (κ1) is 23.3. The zero-order chi connectivity index (χ0) is 21.3. The number of hydrogen-bond donors (Lipinski definition) is 0. The van der Waals surface area contributed by atoms with Gasteiger partial charge in [0.2, 0.25) is 0 Å². The molecule has 0 N–H and O–H groups in total. The molecule has 0 saturated carbocycles. The first-order valence-corrected chi connectivity index (χ1v) is 14.4. The molecule has 0 bridgehead atoms. The fourth-order valence-electron chi connectivity index (χ4n) is 2.71. The summed E-state index contributed by atoms with van der Waals surface area (Å²) < 4.78 is 11.6. The van der Waals surface area contributed by atoms with Crippen LogP contribution in [-0.4, -0.2) is 45.6 Å². The van der Waals surface area contributed by atoms with Crippen LogP contribution >= 0.6 is 11.3 Å². The molecule has 0 aliphatic carbocycles. The van der Waals surface area contributed by atoms with Crippen LogP contribution < -0.4 is 0 Å². The van der Waals surface area contributed by atoms with Gasteiger partial charge in [-0.2, -0.15) is 0 Å². The molecule has 5 nitrogen and oxygen atoms in total. The zero-order valence-electron chi connectivity index (χ0n) is 17.7. The third-order valence-corrected chi connectivity index (χ3v) is 7.27. The highest BCUT2D eigenvalue weighted by molar-refractivity contribution is 7.10. The van der Waals surface area contributed by atoms with Gasteiger partial charge in [-0.25, -0.2) is 4.79 Å². The fourth-order valence-corrected chi connectivity index (χ4v) is 4.23. The number of carbonyl (C=O) groups is 2. The molecule has 0 fully saturated rings. The molecule has 1 aromatic carbocycles. The first-order valence-electron chi connectivity index (χ1n) is 9.86. The summed E-state index contributed by atoms with van der Waals surface area (Å²) in [5, 5.41) is 2.01. The molecule has 158 valence electrons. The van der Waals surface area contributed by atoms with E-state index in [0.717, 1.165) is 22.8 Å². The topological polar surface area (TPSA) is 55.8 Å². The second kappa shape index (κ2) is 11.3. The first-order chi connectivity index (χ1) is 13.8. The van der Waals surface area contributed by atoms with Crippen LogP contribution in [0.2, 0.25) is 25.7 Å². The maximum atomic E-state index is 12.2. The molecular weight excluding hydrogens is 402 g/mol. The number of rotatable bonds is 11. The van der Waals surface area contributed by atoms with Crippen molar-refractivity contribution in [3.8, 4) is 0 Å². The van der Waals surface area contributed by atoms with Crippen molar-refractivity contribution >= 4 is 31.8 Å². The summed E-state index contributed by atoms with van der Waals surface area (Å²) in [5.41, 5.74) is 1.50. The Balaban J connectivity index is 1.90. The van der Waals surface area contributed by atoms with E-state index < -0.39 is 8.07 Å². The number of amides is 1. The third kappa shape index (κ3) is 8.12. The van der Waals surface area contributed by atoms with Crippen LogP contribution in [0.1, 0.15) is 33.3 Å². The van der Waals surface area contributed by atoms with E-state index in [1.165, 1.54) is 0 Å². The minimum absolute atomic E-state index is 0.146. The number of aldehydes is 1. The van der Waals surface area contributed by atoms with Crippen molar-refractivity contribution in [3.05, 3.63) is 57.8 Å². The minimum atomic E-state index is -1.22. The quantitative estimate of drug-likeness (QED) is 0.341. The van der Waals surface area contributed by atoms with Crippen molar-refractivity contribution in [2.45, 2.75) is 44.8 Å². The van der Waals surface area contributed by atoms with Gasteiger partial charge in [0.05, 0.1) is 19.3 Å². The van der Waals surface area contributed by atoms with Gasteiger partial charge in [-0.1, -0.05) is 50.0 Å². The molecule has 0 aliphatic heterocycles. The number of benzene rings is 1. The Morgan fingerprint density at radius 1 is 1.21 bits per heavy atom. The van der Waals surface area contributed by atoms with E-state index in [1.807, 2.05) is 35.7 Å². The van der Waals surface area contributed by atoms with Crippen LogP contribution in [0.25, 0.3) is 0 Å². The van der Waals surface area contributed by atoms with Crippen LogP contribution in [0.3, 0.4) is 0 Å². The summed E-state index contributed by atoms with van der Waals surface area (Å²) in [7, 11) is 0.532. The van der Waals surface area contributed by atoms with Gasteiger partial charge in [0, 0.05) is 32.1 Å². The third-order valence-electron chi connectivity index (χ3n) is 4.60. The van der Waals surface area contributed by atoms with Gasteiger partial charge in [0.1, 0.15) is 6.29 Å². The van der Waals surface area contributed by atoms with Gasteiger partial charge in [-0.05, 0) is 29.5 Å². The van der Waals surface area contributed by atoms with E-state index in [9.17, 15) is 9.59 Å². The predicted molar refractivity (Wildman–Crippen MR) is 120 cm³/mol. The molecule has 1 aromatic heterocycles. The second-order valence-electron chi connectivity index (χ2n) is 8.27. The number of carbonyl (C=O) groups excluding carboxylic acids is 2. The summed E-state index contributed by atoms with van der Waals surface area (Å²) >= 11 is 1.63. The van der Waals surface area contributed by atoms with Crippen molar-refractivity contribution in [2.24, 2.45) is 0 Å². The lowest BCUT2D eigenvalue weighted by Gasteiger charge is -2.22. The van der Waals surface area contributed by atoms with E-state index >= 15 is 0 Å². The lowest BCUT2D eigenvalue weighted by atomic mass is 10.1. The van der Waals surface area contributed by atoms with Crippen molar-refractivity contribution in [1.82, 2.24) is 4.90 Å². The summed E-state index contributed by atoms with van der Waals surface area (Å²) in [4.78, 5) is 26.2. The van der Waals surface area contributed by atoms with E-state index in [2.05, 4.69) is 19.6 Å². The molecule has 2 rings (SSSR count). The van der Waals surface area contributed by atoms with Crippen LogP contribution in [0, 0.1) is 0 Å². The van der Waals surface area contributed by atoms with Crippen LogP contribution in [0.15, 0.2) is 41.8 Å². The van der Waals surface area contributed by atoms with Crippen LogP contribution in [0.4, 0.5) is 4.79 Å². The molecule has 29 heavy (non-hydrogen) atoms. The molecule has 2 aromatic rings. The van der Waals surface area contributed by atoms with E-state index in [1.54, 1.807) is 29.4 Å². The molecule has 1 atom stereocenters. The lowest BCUT2D eigenvalue weighted by molar-refractivity contribution is 0.0294. The average Bonchev–Trinajstić information content (AvgIpc) is 3.21. The molecule has 0 saturated heterocycles. The van der Waals surface area contributed by atoms with Gasteiger partial charge >= 0.3 is 6.09 Å². The van der Waals surface area contributed by atoms with E-state index in [4.69, 9.17) is 9.47 Å². The Bertz CT molecular complexity index is 773. The Morgan fingerprint density at radius 2 is 1.97 bits per heavy atom. The Hall–Kier alpha value is -1.96. The predicted octanol–water partition coefficient (Wildman–Crippen LogP) is 5.62. The summed E-state index contributed by atoms with van der Waals surface area (Å²) in [6, 6.07) is 12.4. The molecule has 7 heteroatoms. The number of thiophene rings is 1. The van der Waals surface area contributed by atoms with E-state index in [0.29, 0.717) is 31.7 Å². The van der Waals surface area contributed by atoms with Gasteiger partial charge in [-0.15, -0.1) is 11.3 Å². The highest BCUT2D eigenvalue weighted by Crippen LogP contribution is 2.27. The molecule has 0 aliphatic rings. The smallest absolute Gasteiger partial charge is 0.409 e. The normalized spacial score (nSPS) is 12.4. The molecule has 1 unspecified atom stereocenters. The Kier molecular flexibility index (Phi) is 9.07. The average molecular weight is 434 g/mol. The minimum Gasteiger partial charge on any atom is -0.450 e. The number of ether oxygens (including phenoxy) is 2. The fraction of sp³-hybridized carbons (Fsp3) is 0.455. The number of hydrogen-bond acceptors (Lipinski definition) is 5. The SMILES string of the molecule is CN(CCC(OCc1ccccc1C=O)c1cccs1)C(=O)OCC[Si](C)(C)C. The molecule has 0 spiro atoms. The van der Waals surface area contributed by atoms with Crippen molar-refractivity contribution < 1.29 is 19.1 Å². The van der Waals surface area contributed by atoms with Gasteiger partial charge in [0.15, 0.2) is 0 Å². The van der Waals surface area contributed by atoms with Gasteiger partial charge in [0.25, 0.3) is 0 Å². The molecule has 1 heterocycles. The maximum Gasteiger partial charge on any atom is 0.409 e. The highest BCUT2D eigenvalue weighted by atomic mass is 32.1. The second-order valence-corrected chi connectivity index (χ2v) is 14.9. The van der Waals surface area contributed by atoms with Crippen LogP contribution in [0.5, 0.6) is 0 Å². The summed E-state index contributed by atoms with van der Waals surface area (Å²) in [6.07, 6.45) is 1.07. The number of nitrogens with zero attached hydrogens (tertiary/aromatic N) is 1. The lowest BCUT2D eigenvalue weighted by Crippen LogP contribution is -2.31. The Labute approximate surface area is 178 Å². The molecule has 0 radical (unpaired) electrons. The van der Waals surface area contributed by atoms with Crippen molar-refractivity contribution in [1.29, 1.82) is 0 Å². The molecule has 1 amide bonds. The largest absolute Gasteiger partial charge is 0.450 e. The summed E-state index contributed by atoms with van der Waals surface area (Å²) in [5.74, 6) is 0. The standard InChI is InChI=1S/C22H31NO4SSi/c1-23(22(25)26-13-15-29(2,3)4)12-11-20(21-10-7-14-28-21)27-17-19-9-6-5-8-18(19)16-24/h5-10,14,16,20H,11-13,15,17H2,1-4H3. The maximum absolute atomic E-state index is 12.2. The van der Waals surface area contributed by atoms with Crippen molar-refractivity contribution in [3.63, 3.8) is 0 Å². The zero-order valence-corrected chi connectivity index (χ0v) is 19.5. The van der Waals surface area contributed by atoms with E-state index in [-0.39, 0.29) is 12.2 Å². The molecular formula is C22H31NO4SSi. The summed E-state index contributed by atoms with van der Waals surface area (Å²) in [6.45, 7) is 8.14. The monoisotopic (exact) mass is 433 g/mol. The highest BCUT2D eigenvalue weighted by Gasteiger charge is 2.19. The Morgan fingerprint density at radius 3 is 2.62 bits per heavy atom. The van der Waals surface area contributed by atoms with Gasteiger partial charge < -0.3 is 14.4 Å². The van der Waals surface area contributed by atoms with Crippen LogP contribution in [-0.2, 0) is 16.1 Å². The van der Waals surface area contributed by atoms with Gasteiger partial charge in [-0.3, -0.25) is 4.79 Å². The van der Waals surface area contributed by atoms with Crippen molar-refractivity contribution in [2.75, 3.05) is 20.2 Å².